The molecule has 0 saturated carbocycles. The highest BCUT2D eigenvalue weighted by atomic mass is 16.5. The highest BCUT2D eigenvalue weighted by molar-refractivity contribution is 5.50. The first kappa shape index (κ1) is 20.7. The molecule has 0 radical (unpaired) electrons. The lowest BCUT2D eigenvalue weighted by atomic mass is 10.1. The Labute approximate surface area is 172 Å². The van der Waals surface area contributed by atoms with Crippen molar-refractivity contribution < 1.29 is 14.2 Å². The molecule has 0 aliphatic rings. The van der Waals surface area contributed by atoms with Gasteiger partial charge < -0.3 is 14.2 Å². The SMILES string of the molecule is COc1cc(OC)c(OC)cc1CN(Cc1ccncc1)Cc1ccc(C)cc1. The summed E-state index contributed by atoms with van der Waals surface area (Å²) in [5.41, 5.74) is 4.79. The van der Waals surface area contributed by atoms with Gasteiger partial charge in [-0.2, -0.15) is 0 Å². The minimum atomic E-state index is 0.660. The smallest absolute Gasteiger partial charge is 0.164 e. The predicted molar refractivity (Wildman–Crippen MR) is 114 cm³/mol. The van der Waals surface area contributed by atoms with E-state index in [-0.39, 0.29) is 0 Å². The summed E-state index contributed by atoms with van der Waals surface area (Å²) in [5.74, 6) is 2.14. The fourth-order valence-corrected chi connectivity index (χ4v) is 3.32. The average Bonchev–Trinajstić information content (AvgIpc) is 2.75. The lowest BCUT2D eigenvalue weighted by Crippen LogP contribution is -2.23. The maximum atomic E-state index is 5.63. The van der Waals surface area contributed by atoms with E-state index in [0.717, 1.165) is 24.4 Å². The second-order valence-corrected chi connectivity index (χ2v) is 7.01. The van der Waals surface area contributed by atoms with E-state index in [4.69, 9.17) is 14.2 Å². The first-order valence-electron chi connectivity index (χ1n) is 9.58. The molecule has 1 aromatic heterocycles. The van der Waals surface area contributed by atoms with Crippen molar-refractivity contribution in [3.8, 4) is 17.2 Å². The summed E-state index contributed by atoms with van der Waals surface area (Å²) >= 11 is 0. The summed E-state index contributed by atoms with van der Waals surface area (Å²) < 4.78 is 16.5. The van der Waals surface area contributed by atoms with Crippen molar-refractivity contribution in [3.63, 3.8) is 0 Å². The highest BCUT2D eigenvalue weighted by Gasteiger charge is 2.16. The Morgan fingerprint density at radius 2 is 1.24 bits per heavy atom. The summed E-state index contributed by atoms with van der Waals surface area (Å²) in [6.45, 7) is 4.43. The third-order valence-electron chi connectivity index (χ3n) is 4.86. The van der Waals surface area contributed by atoms with Crippen molar-refractivity contribution >= 4 is 0 Å². The number of benzene rings is 2. The monoisotopic (exact) mass is 392 g/mol. The Kier molecular flexibility index (Phi) is 7.09. The zero-order valence-corrected chi connectivity index (χ0v) is 17.5. The zero-order valence-electron chi connectivity index (χ0n) is 17.5. The van der Waals surface area contributed by atoms with E-state index in [1.165, 1.54) is 16.7 Å². The zero-order chi connectivity index (χ0) is 20.6. The summed E-state index contributed by atoms with van der Waals surface area (Å²) in [5, 5.41) is 0. The largest absolute Gasteiger partial charge is 0.496 e. The van der Waals surface area contributed by atoms with Crippen molar-refractivity contribution in [2.75, 3.05) is 21.3 Å². The molecule has 29 heavy (non-hydrogen) atoms. The molecule has 0 spiro atoms. The molecule has 5 heteroatoms. The number of ether oxygens (including phenoxy) is 3. The van der Waals surface area contributed by atoms with Crippen LogP contribution in [0.25, 0.3) is 0 Å². The molecular weight excluding hydrogens is 364 g/mol. The number of pyridine rings is 1. The number of rotatable bonds is 9. The van der Waals surface area contributed by atoms with Gasteiger partial charge in [0.2, 0.25) is 0 Å². The second-order valence-electron chi connectivity index (χ2n) is 7.01. The highest BCUT2D eigenvalue weighted by Crippen LogP contribution is 2.35. The van der Waals surface area contributed by atoms with Gasteiger partial charge in [-0.05, 0) is 36.2 Å². The number of aryl methyl sites for hydroxylation is 1. The molecule has 0 aliphatic heterocycles. The molecule has 0 unspecified atom stereocenters. The predicted octanol–water partition coefficient (Wildman–Crippen LogP) is 4.62. The second kappa shape index (κ2) is 9.94. The average molecular weight is 392 g/mol. The van der Waals surface area contributed by atoms with E-state index >= 15 is 0 Å². The number of aromatic nitrogens is 1. The van der Waals surface area contributed by atoms with Crippen molar-refractivity contribution in [1.29, 1.82) is 0 Å². The molecule has 0 saturated heterocycles. The summed E-state index contributed by atoms with van der Waals surface area (Å²) in [6.07, 6.45) is 3.66. The van der Waals surface area contributed by atoms with Crippen LogP contribution in [0.4, 0.5) is 0 Å². The lowest BCUT2D eigenvalue weighted by Gasteiger charge is -2.24. The van der Waals surface area contributed by atoms with Gasteiger partial charge in [0.05, 0.1) is 21.3 Å². The van der Waals surface area contributed by atoms with E-state index in [2.05, 4.69) is 41.1 Å². The van der Waals surface area contributed by atoms with E-state index in [1.807, 2.05) is 36.7 Å². The quantitative estimate of drug-likeness (QED) is 0.532. The third-order valence-corrected chi connectivity index (χ3v) is 4.86. The first-order chi connectivity index (χ1) is 14.1. The molecule has 3 rings (SSSR count). The van der Waals surface area contributed by atoms with E-state index in [0.29, 0.717) is 18.0 Å². The fraction of sp³-hybridized carbons (Fsp3) is 0.292. The first-order valence-corrected chi connectivity index (χ1v) is 9.58. The van der Waals surface area contributed by atoms with Crippen molar-refractivity contribution in [3.05, 3.63) is 83.2 Å². The normalized spacial score (nSPS) is 10.8. The van der Waals surface area contributed by atoms with Gasteiger partial charge in [0, 0.05) is 43.7 Å². The topological polar surface area (TPSA) is 43.8 Å². The molecule has 0 aliphatic carbocycles. The van der Waals surface area contributed by atoms with E-state index in [1.54, 1.807) is 21.3 Å². The Morgan fingerprint density at radius 3 is 1.83 bits per heavy atom. The maximum Gasteiger partial charge on any atom is 0.164 e. The van der Waals surface area contributed by atoms with Crippen LogP contribution in [-0.2, 0) is 19.6 Å². The molecule has 0 fully saturated rings. The van der Waals surface area contributed by atoms with Gasteiger partial charge in [0.25, 0.3) is 0 Å². The van der Waals surface area contributed by atoms with Crippen LogP contribution in [0.5, 0.6) is 17.2 Å². The van der Waals surface area contributed by atoms with Gasteiger partial charge >= 0.3 is 0 Å². The van der Waals surface area contributed by atoms with Crippen LogP contribution >= 0.6 is 0 Å². The number of methoxy groups -OCH3 is 3. The minimum Gasteiger partial charge on any atom is -0.496 e. The van der Waals surface area contributed by atoms with Crippen LogP contribution in [0.2, 0.25) is 0 Å². The molecular formula is C24H28N2O3. The van der Waals surface area contributed by atoms with Crippen LogP contribution in [0.1, 0.15) is 22.3 Å². The molecule has 0 amide bonds. The van der Waals surface area contributed by atoms with Crippen molar-refractivity contribution in [1.82, 2.24) is 9.88 Å². The van der Waals surface area contributed by atoms with Gasteiger partial charge in [-0.1, -0.05) is 29.8 Å². The lowest BCUT2D eigenvalue weighted by molar-refractivity contribution is 0.242. The molecule has 0 bridgehead atoms. The molecule has 2 aromatic carbocycles. The van der Waals surface area contributed by atoms with Gasteiger partial charge in [-0.25, -0.2) is 0 Å². The maximum absolute atomic E-state index is 5.63. The Morgan fingerprint density at radius 1 is 0.690 bits per heavy atom. The van der Waals surface area contributed by atoms with Crippen molar-refractivity contribution in [2.24, 2.45) is 0 Å². The van der Waals surface area contributed by atoms with Crippen LogP contribution in [0.3, 0.4) is 0 Å². The Hall–Kier alpha value is -3.05. The van der Waals surface area contributed by atoms with Gasteiger partial charge in [-0.15, -0.1) is 0 Å². The third kappa shape index (κ3) is 5.48. The Bertz CT molecular complexity index is 911. The van der Waals surface area contributed by atoms with Gasteiger partial charge in [0.1, 0.15) is 5.75 Å². The molecule has 3 aromatic rings. The summed E-state index contributed by atoms with van der Waals surface area (Å²) in [6, 6.07) is 16.6. The van der Waals surface area contributed by atoms with Crippen LogP contribution in [0, 0.1) is 6.92 Å². The van der Waals surface area contributed by atoms with Crippen LogP contribution in [0.15, 0.2) is 60.9 Å². The summed E-state index contributed by atoms with van der Waals surface area (Å²) in [4.78, 5) is 6.51. The molecule has 152 valence electrons. The molecule has 0 N–H and O–H groups in total. The molecule has 5 nitrogen and oxygen atoms in total. The minimum absolute atomic E-state index is 0.660. The van der Waals surface area contributed by atoms with E-state index < -0.39 is 0 Å². The number of hydrogen-bond acceptors (Lipinski definition) is 5. The fourth-order valence-electron chi connectivity index (χ4n) is 3.32. The van der Waals surface area contributed by atoms with Crippen molar-refractivity contribution in [2.45, 2.75) is 26.6 Å². The molecule has 1 heterocycles. The Balaban J connectivity index is 1.90. The number of hydrogen-bond donors (Lipinski definition) is 0. The summed E-state index contributed by atoms with van der Waals surface area (Å²) in [7, 11) is 4.96. The van der Waals surface area contributed by atoms with Crippen LogP contribution in [-0.4, -0.2) is 31.2 Å². The van der Waals surface area contributed by atoms with E-state index in [9.17, 15) is 0 Å². The van der Waals surface area contributed by atoms with Crippen LogP contribution < -0.4 is 14.2 Å². The number of nitrogens with zero attached hydrogens (tertiary/aromatic N) is 2. The molecule has 0 atom stereocenters. The van der Waals surface area contributed by atoms with Gasteiger partial charge in [-0.3, -0.25) is 9.88 Å². The standard InChI is InChI=1S/C24H28N2O3/c1-18-5-7-19(8-6-18)15-26(16-20-9-11-25-12-10-20)17-21-13-23(28-3)24(29-4)14-22(21)27-2/h5-14H,15-17H2,1-4H3. The van der Waals surface area contributed by atoms with Gasteiger partial charge in [0.15, 0.2) is 11.5 Å².